The van der Waals surface area contributed by atoms with Gasteiger partial charge >= 0.3 is 18.1 Å². The van der Waals surface area contributed by atoms with Crippen LogP contribution in [0.2, 0.25) is 0 Å². The second-order valence-electron chi connectivity index (χ2n) is 23.9. The number of likely N-dealkylation sites (tertiary alicyclic amines) is 1. The summed E-state index contributed by atoms with van der Waals surface area (Å²) >= 11 is 0. The number of primary amides is 1. The third-order valence-electron chi connectivity index (χ3n) is 15.0. The van der Waals surface area contributed by atoms with Crippen molar-refractivity contribution in [1.82, 2.24) is 41.3 Å². The van der Waals surface area contributed by atoms with Gasteiger partial charge in [0.25, 0.3) is 0 Å². The fraction of sp³-hybridized carbons (Fsp3) is 0.687. The van der Waals surface area contributed by atoms with Gasteiger partial charge in [-0.15, -0.1) is 0 Å². The summed E-state index contributed by atoms with van der Waals surface area (Å²) in [5.74, 6) is -3.92. The standard InChI is InChI=1S/C59H94N10O13.2C3H8.C2H6/c1-15-38(4)51(46(79-12)34-48(71)69-31-20-24-45(69)52(80-13)39(5)53(73)65-44(56(76)81-14)33-41-21-17-16-18-22-41)68(11)49(72)36-62-54(74)50(37(2)3)66(9)32-29-40-25-27-42(28-26-40)67(10)55(75)43(23-19-30-61-57(60)77)64-47(70)35-63-58(78)82-59(6,7)8;2*1-3-2;1-2/h16-18,21-22,25-28,37-39,43-46,50-52H,15,19-20,23-24,29-36H2,1-14H3,(H,62,74)(H,63,78)(H,64,70)(H,65,73)(H3,60,61,77);2*3H2,1-2H3;1-2H3/t38-,39+,43-,44-,45-,46+,50?,51?,52+;;;/m0.../s1. The Morgan fingerprint density at radius 1 is 0.744 bits per heavy atom. The van der Waals surface area contributed by atoms with Gasteiger partial charge in [-0.2, -0.15) is 0 Å². The Balaban J connectivity index is 0.00000940. The number of ether oxygens (including phenoxy) is 4. The number of carbonyl (C=O) groups excluding carboxylic acids is 9. The van der Waals surface area contributed by atoms with Gasteiger partial charge in [-0.3, -0.25) is 33.7 Å². The molecule has 1 saturated heterocycles. The predicted molar refractivity (Wildman–Crippen MR) is 354 cm³/mol. The Labute approximate surface area is 539 Å². The first-order valence-electron chi connectivity index (χ1n) is 32.2. The number of urea groups is 1. The first kappa shape index (κ1) is 83.2. The van der Waals surface area contributed by atoms with E-state index >= 15 is 0 Å². The summed E-state index contributed by atoms with van der Waals surface area (Å²) in [5.41, 5.74) is 6.75. The highest BCUT2D eigenvalue weighted by atomic mass is 16.6. The number of amides is 9. The molecule has 7 N–H and O–H groups in total. The minimum absolute atomic E-state index is 0.0563. The maximum absolute atomic E-state index is 14.4. The largest absolute Gasteiger partial charge is 0.467 e. The highest BCUT2D eigenvalue weighted by Gasteiger charge is 2.43. The smallest absolute Gasteiger partial charge is 0.408 e. The van der Waals surface area contributed by atoms with Gasteiger partial charge in [0.15, 0.2) is 0 Å². The van der Waals surface area contributed by atoms with Crippen molar-refractivity contribution in [3.8, 4) is 0 Å². The molecule has 9 atom stereocenters. The molecule has 3 rings (SSSR count). The number of nitrogens with zero attached hydrogens (tertiary/aromatic N) is 4. The van der Waals surface area contributed by atoms with Gasteiger partial charge in [-0.05, 0) is 95.0 Å². The van der Waals surface area contributed by atoms with Gasteiger partial charge in [0, 0.05) is 60.1 Å². The van der Waals surface area contributed by atoms with Crippen LogP contribution in [0.1, 0.15) is 159 Å². The molecule has 2 aromatic rings. The summed E-state index contributed by atoms with van der Waals surface area (Å²) in [6.45, 7) is 27.5. The molecule has 90 heavy (non-hydrogen) atoms. The first-order valence-corrected chi connectivity index (χ1v) is 32.2. The Morgan fingerprint density at radius 3 is 1.87 bits per heavy atom. The lowest BCUT2D eigenvalue weighted by atomic mass is 9.90. The lowest BCUT2D eigenvalue weighted by molar-refractivity contribution is -0.148. The quantitative estimate of drug-likeness (QED) is 0.0307. The number of hydrogen-bond acceptors (Lipinski definition) is 14. The van der Waals surface area contributed by atoms with E-state index in [-0.39, 0.29) is 61.9 Å². The molecule has 0 aliphatic carbocycles. The van der Waals surface area contributed by atoms with Crippen molar-refractivity contribution in [2.75, 3.05) is 80.1 Å². The summed E-state index contributed by atoms with van der Waals surface area (Å²) in [6, 6.07) is 12.4. The Hall–Kier alpha value is -6.85. The van der Waals surface area contributed by atoms with Crippen LogP contribution >= 0.6 is 0 Å². The molecular weight excluding hydrogens is 1150 g/mol. The molecule has 2 aromatic carbocycles. The number of anilines is 1. The van der Waals surface area contributed by atoms with Crippen molar-refractivity contribution in [2.24, 2.45) is 23.5 Å². The van der Waals surface area contributed by atoms with E-state index in [0.29, 0.717) is 50.9 Å². The number of esters is 1. The van der Waals surface area contributed by atoms with Gasteiger partial charge in [-0.1, -0.05) is 138 Å². The second kappa shape index (κ2) is 44.6. The zero-order valence-corrected chi connectivity index (χ0v) is 58.2. The van der Waals surface area contributed by atoms with Gasteiger partial charge < -0.3 is 66.0 Å². The molecule has 0 aromatic heterocycles. The highest BCUT2D eigenvalue weighted by molar-refractivity contribution is 5.99. The van der Waals surface area contributed by atoms with Crippen LogP contribution in [0.15, 0.2) is 54.6 Å². The highest BCUT2D eigenvalue weighted by Crippen LogP contribution is 2.30. The Kier molecular flexibility index (Phi) is 41.2. The van der Waals surface area contributed by atoms with E-state index in [9.17, 15) is 43.2 Å². The predicted octanol–water partition coefficient (Wildman–Crippen LogP) is 7.40. The van der Waals surface area contributed by atoms with Crippen LogP contribution in [0.5, 0.6) is 0 Å². The fourth-order valence-electron chi connectivity index (χ4n) is 10.4. The topological polar surface area (TPSA) is 290 Å². The number of hydrogen-bond donors (Lipinski definition) is 6. The van der Waals surface area contributed by atoms with E-state index in [4.69, 9.17) is 24.7 Å². The number of benzene rings is 2. The summed E-state index contributed by atoms with van der Waals surface area (Å²) in [6.07, 6.45) is 3.45. The average molecular weight is 1270 g/mol. The van der Waals surface area contributed by atoms with Crippen LogP contribution in [0, 0.1) is 17.8 Å². The van der Waals surface area contributed by atoms with Crippen LogP contribution in [-0.4, -0.2) is 191 Å². The SMILES string of the molecule is CC.CCC.CCC.CC[C@H](C)C([C@@H](CC(=O)N1CCC[C@H]1[C@H](OC)[C@@H](C)C(=O)N[C@@H](Cc1ccccc1)C(=O)OC)OC)N(C)C(=O)CNC(=O)C(C(C)C)N(C)CCc1ccc(N(C)C(=O)[C@H](CCCNC(N)=O)NC(=O)CNC(=O)OC(C)(C)C)cc1. The molecule has 0 saturated carbocycles. The molecule has 512 valence electrons. The lowest BCUT2D eigenvalue weighted by Gasteiger charge is -2.39. The maximum Gasteiger partial charge on any atom is 0.408 e. The van der Waals surface area contributed by atoms with E-state index in [1.807, 2.05) is 96.0 Å². The van der Waals surface area contributed by atoms with Crippen molar-refractivity contribution in [2.45, 2.75) is 209 Å². The van der Waals surface area contributed by atoms with Gasteiger partial charge in [-0.25, -0.2) is 14.4 Å². The maximum atomic E-state index is 14.4. The zero-order chi connectivity index (χ0) is 68.8. The molecule has 2 unspecified atom stereocenters. The van der Waals surface area contributed by atoms with Crippen LogP contribution in [0.3, 0.4) is 0 Å². The van der Waals surface area contributed by atoms with E-state index in [1.165, 1.54) is 39.1 Å². The van der Waals surface area contributed by atoms with Gasteiger partial charge in [0.1, 0.15) is 24.2 Å². The molecule has 9 amide bonds. The third-order valence-corrected chi connectivity index (χ3v) is 15.0. The van der Waals surface area contributed by atoms with Gasteiger partial charge in [0.05, 0.1) is 56.3 Å². The van der Waals surface area contributed by atoms with Crippen LogP contribution < -0.4 is 37.2 Å². The van der Waals surface area contributed by atoms with Crippen molar-refractivity contribution >= 4 is 59.2 Å². The summed E-state index contributed by atoms with van der Waals surface area (Å²) in [4.78, 5) is 126. The van der Waals surface area contributed by atoms with Crippen LogP contribution in [-0.2, 0) is 65.4 Å². The summed E-state index contributed by atoms with van der Waals surface area (Å²) in [5, 5.41) is 13.3. The molecule has 23 heteroatoms. The molecule has 0 bridgehead atoms. The number of nitrogens with one attached hydrogen (secondary N) is 5. The molecule has 0 spiro atoms. The van der Waals surface area contributed by atoms with Crippen molar-refractivity contribution in [1.29, 1.82) is 0 Å². The second-order valence-corrected chi connectivity index (χ2v) is 23.9. The zero-order valence-electron chi connectivity index (χ0n) is 58.2. The number of likely N-dealkylation sites (N-methyl/N-ethyl adjacent to an activating group) is 3. The number of carbonyl (C=O) groups is 9. The Bertz CT molecular complexity index is 2440. The number of rotatable bonds is 32. The van der Waals surface area contributed by atoms with Crippen molar-refractivity contribution in [3.63, 3.8) is 0 Å². The van der Waals surface area contributed by atoms with E-state index in [2.05, 4.69) is 54.3 Å². The molecule has 1 aliphatic heterocycles. The number of nitrogens with two attached hydrogens (primary N) is 1. The van der Waals surface area contributed by atoms with Crippen LogP contribution in [0.25, 0.3) is 0 Å². The first-order chi connectivity index (χ1) is 42.5. The molecule has 1 fully saturated rings. The summed E-state index contributed by atoms with van der Waals surface area (Å²) in [7, 11) is 9.37. The van der Waals surface area contributed by atoms with Gasteiger partial charge in [0.2, 0.25) is 35.4 Å². The van der Waals surface area contributed by atoms with E-state index in [0.717, 1.165) is 11.1 Å². The van der Waals surface area contributed by atoms with Crippen molar-refractivity contribution < 1.29 is 62.1 Å². The van der Waals surface area contributed by atoms with E-state index < -0.39 is 96.3 Å². The number of alkyl carbamates (subject to hydrolysis) is 1. The lowest BCUT2D eigenvalue weighted by Crippen LogP contribution is -2.55. The Morgan fingerprint density at radius 2 is 1.34 bits per heavy atom. The minimum atomic E-state index is -0.999. The fourth-order valence-corrected chi connectivity index (χ4v) is 10.4. The normalized spacial score (nSPS) is 15.3. The van der Waals surface area contributed by atoms with Crippen molar-refractivity contribution in [3.05, 3.63) is 65.7 Å². The molecular formula is C67H116N10O13. The third kappa shape index (κ3) is 29.9. The monoisotopic (exact) mass is 1270 g/mol. The van der Waals surface area contributed by atoms with Crippen LogP contribution in [0.4, 0.5) is 15.3 Å². The number of methoxy groups -OCH3 is 3. The molecule has 1 aliphatic rings. The molecule has 0 radical (unpaired) electrons. The minimum Gasteiger partial charge on any atom is -0.467 e. The average Bonchev–Trinajstić information content (AvgIpc) is 1.60. The van der Waals surface area contributed by atoms with E-state index in [1.54, 1.807) is 63.7 Å². The molecule has 1 heterocycles. The summed E-state index contributed by atoms with van der Waals surface area (Å²) < 4.78 is 22.2. The molecule has 23 nitrogen and oxygen atoms in total.